The van der Waals surface area contributed by atoms with Crippen LogP contribution in [-0.2, 0) is 0 Å². The standard InChI is InChI=1S/C10H8ClIN4/c11-6-1-2-8(7(12)5-6)14-10-4-3-9(13)15-16-10/h1-5H,(H2,13,15)(H,14,16). The van der Waals surface area contributed by atoms with Crippen LogP contribution >= 0.6 is 34.2 Å². The number of rotatable bonds is 2. The Morgan fingerprint density at radius 3 is 2.62 bits per heavy atom. The lowest BCUT2D eigenvalue weighted by Crippen LogP contribution is -1.99. The van der Waals surface area contributed by atoms with E-state index in [0.717, 1.165) is 9.26 Å². The summed E-state index contributed by atoms with van der Waals surface area (Å²) in [5.74, 6) is 1.05. The Hall–Kier alpha value is -1.08. The molecular formula is C10H8ClIN4. The van der Waals surface area contributed by atoms with E-state index in [1.54, 1.807) is 12.1 Å². The number of hydrogen-bond acceptors (Lipinski definition) is 4. The molecule has 0 aliphatic heterocycles. The summed E-state index contributed by atoms with van der Waals surface area (Å²) in [5.41, 5.74) is 6.38. The summed E-state index contributed by atoms with van der Waals surface area (Å²) in [4.78, 5) is 0. The van der Waals surface area contributed by atoms with Crippen molar-refractivity contribution in [3.8, 4) is 0 Å². The third kappa shape index (κ3) is 2.73. The van der Waals surface area contributed by atoms with Crippen LogP contribution in [0.4, 0.5) is 17.3 Å². The maximum Gasteiger partial charge on any atom is 0.153 e. The first-order valence-electron chi connectivity index (χ1n) is 4.46. The van der Waals surface area contributed by atoms with Gasteiger partial charge in [0, 0.05) is 8.59 Å². The molecule has 0 saturated heterocycles. The lowest BCUT2D eigenvalue weighted by atomic mass is 10.3. The molecular weight excluding hydrogens is 338 g/mol. The summed E-state index contributed by atoms with van der Waals surface area (Å²) in [7, 11) is 0. The van der Waals surface area contributed by atoms with Crippen molar-refractivity contribution >= 4 is 51.5 Å². The average Bonchev–Trinajstić information content (AvgIpc) is 2.25. The van der Waals surface area contributed by atoms with Gasteiger partial charge in [0.05, 0.1) is 5.69 Å². The van der Waals surface area contributed by atoms with E-state index >= 15 is 0 Å². The third-order valence-corrected chi connectivity index (χ3v) is 3.01. The topological polar surface area (TPSA) is 63.8 Å². The van der Waals surface area contributed by atoms with Crippen LogP contribution in [0.3, 0.4) is 0 Å². The lowest BCUT2D eigenvalue weighted by Gasteiger charge is -2.07. The molecule has 0 fully saturated rings. The van der Waals surface area contributed by atoms with Crippen LogP contribution in [0.1, 0.15) is 0 Å². The number of nitrogen functional groups attached to an aromatic ring is 1. The molecule has 2 rings (SSSR count). The average molecular weight is 347 g/mol. The molecule has 1 aromatic carbocycles. The van der Waals surface area contributed by atoms with Gasteiger partial charge in [-0.1, -0.05) is 11.6 Å². The van der Waals surface area contributed by atoms with Crippen molar-refractivity contribution < 1.29 is 0 Å². The zero-order valence-corrected chi connectivity index (χ0v) is 11.0. The van der Waals surface area contributed by atoms with Crippen LogP contribution in [0.2, 0.25) is 5.02 Å². The van der Waals surface area contributed by atoms with Gasteiger partial charge in [0.25, 0.3) is 0 Å². The number of nitrogens with two attached hydrogens (primary N) is 1. The third-order valence-electron chi connectivity index (χ3n) is 1.88. The highest BCUT2D eigenvalue weighted by molar-refractivity contribution is 14.1. The largest absolute Gasteiger partial charge is 0.382 e. The number of benzene rings is 1. The minimum absolute atomic E-state index is 0.399. The molecule has 3 N–H and O–H groups in total. The van der Waals surface area contributed by atoms with E-state index in [0.29, 0.717) is 16.7 Å². The van der Waals surface area contributed by atoms with Crippen molar-refractivity contribution in [3.05, 3.63) is 38.9 Å². The summed E-state index contributed by atoms with van der Waals surface area (Å²) >= 11 is 8.06. The Morgan fingerprint density at radius 1 is 1.19 bits per heavy atom. The molecule has 2 aromatic rings. The van der Waals surface area contributed by atoms with Crippen LogP contribution in [-0.4, -0.2) is 10.2 Å². The summed E-state index contributed by atoms with van der Waals surface area (Å²) in [6.45, 7) is 0. The van der Waals surface area contributed by atoms with Crippen molar-refractivity contribution in [1.82, 2.24) is 10.2 Å². The highest BCUT2D eigenvalue weighted by Crippen LogP contribution is 2.24. The summed E-state index contributed by atoms with van der Waals surface area (Å²) in [6.07, 6.45) is 0. The molecule has 16 heavy (non-hydrogen) atoms. The molecule has 0 aliphatic carbocycles. The zero-order valence-electron chi connectivity index (χ0n) is 8.11. The van der Waals surface area contributed by atoms with E-state index in [1.165, 1.54) is 0 Å². The monoisotopic (exact) mass is 346 g/mol. The molecule has 6 heteroatoms. The fraction of sp³-hybridized carbons (Fsp3) is 0. The Balaban J connectivity index is 2.23. The van der Waals surface area contributed by atoms with Gasteiger partial charge in [-0.05, 0) is 52.9 Å². The van der Waals surface area contributed by atoms with Gasteiger partial charge < -0.3 is 11.1 Å². The summed E-state index contributed by atoms with van der Waals surface area (Å²) in [5, 5.41) is 11.5. The van der Waals surface area contributed by atoms with Crippen molar-refractivity contribution in [2.45, 2.75) is 0 Å². The first kappa shape index (κ1) is 11.4. The number of hydrogen-bond donors (Lipinski definition) is 2. The molecule has 1 aromatic heterocycles. The second kappa shape index (κ2) is 4.84. The van der Waals surface area contributed by atoms with Crippen LogP contribution < -0.4 is 11.1 Å². The number of anilines is 3. The van der Waals surface area contributed by atoms with Gasteiger partial charge in [0.2, 0.25) is 0 Å². The second-order valence-electron chi connectivity index (χ2n) is 3.09. The van der Waals surface area contributed by atoms with Crippen LogP contribution in [0, 0.1) is 3.57 Å². The second-order valence-corrected chi connectivity index (χ2v) is 4.69. The van der Waals surface area contributed by atoms with Crippen molar-refractivity contribution in [2.75, 3.05) is 11.1 Å². The van der Waals surface area contributed by atoms with Crippen molar-refractivity contribution in [3.63, 3.8) is 0 Å². The quantitative estimate of drug-likeness (QED) is 0.820. The Morgan fingerprint density at radius 2 is 2.00 bits per heavy atom. The lowest BCUT2D eigenvalue weighted by molar-refractivity contribution is 1.05. The van der Waals surface area contributed by atoms with E-state index in [4.69, 9.17) is 17.3 Å². The van der Waals surface area contributed by atoms with Gasteiger partial charge in [-0.25, -0.2) is 0 Å². The highest BCUT2D eigenvalue weighted by Gasteiger charge is 2.02. The molecule has 0 unspecified atom stereocenters. The van der Waals surface area contributed by atoms with Gasteiger partial charge >= 0.3 is 0 Å². The summed E-state index contributed by atoms with van der Waals surface area (Å²) in [6, 6.07) is 9.04. The van der Waals surface area contributed by atoms with Crippen LogP contribution in [0.15, 0.2) is 30.3 Å². The molecule has 0 atom stereocenters. The van der Waals surface area contributed by atoms with Gasteiger partial charge in [0.15, 0.2) is 5.82 Å². The van der Waals surface area contributed by atoms with E-state index in [1.807, 2.05) is 18.2 Å². The Labute approximate surface area is 111 Å². The Bertz CT molecular complexity index is 501. The zero-order chi connectivity index (χ0) is 11.5. The van der Waals surface area contributed by atoms with E-state index in [2.05, 4.69) is 38.1 Å². The maximum absolute atomic E-state index is 5.86. The first-order valence-corrected chi connectivity index (χ1v) is 5.92. The molecule has 82 valence electrons. The number of aromatic nitrogens is 2. The molecule has 0 saturated carbocycles. The molecule has 0 radical (unpaired) electrons. The minimum atomic E-state index is 0.399. The fourth-order valence-corrected chi connectivity index (χ4v) is 2.14. The van der Waals surface area contributed by atoms with Gasteiger partial charge in [-0.2, -0.15) is 0 Å². The number of nitrogens with one attached hydrogen (secondary N) is 1. The number of nitrogens with zero attached hydrogens (tertiary/aromatic N) is 2. The molecule has 0 aliphatic rings. The van der Waals surface area contributed by atoms with Crippen molar-refractivity contribution in [2.24, 2.45) is 0 Å². The minimum Gasteiger partial charge on any atom is -0.382 e. The van der Waals surface area contributed by atoms with E-state index in [9.17, 15) is 0 Å². The van der Waals surface area contributed by atoms with Crippen LogP contribution in [0.25, 0.3) is 0 Å². The van der Waals surface area contributed by atoms with E-state index in [-0.39, 0.29) is 0 Å². The predicted octanol–water partition coefficient (Wildman–Crippen LogP) is 3.06. The smallest absolute Gasteiger partial charge is 0.153 e. The molecule has 4 nitrogen and oxygen atoms in total. The maximum atomic E-state index is 5.86. The predicted molar refractivity (Wildman–Crippen MR) is 73.9 cm³/mol. The summed E-state index contributed by atoms with van der Waals surface area (Å²) < 4.78 is 1.02. The van der Waals surface area contributed by atoms with Gasteiger partial charge in [0.1, 0.15) is 5.82 Å². The Kier molecular flexibility index (Phi) is 3.45. The molecule has 0 amide bonds. The normalized spacial score (nSPS) is 10.1. The van der Waals surface area contributed by atoms with Crippen LogP contribution in [0.5, 0.6) is 0 Å². The number of halogens is 2. The van der Waals surface area contributed by atoms with Crippen molar-refractivity contribution in [1.29, 1.82) is 0 Å². The molecule has 0 bridgehead atoms. The van der Waals surface area contributed by atoms with E-state index < -0.39 is 0 Å². The SMILES string of the molecule is Nc1ccc(Nc2ccc(Cl)cc2I)nn1. The molecule has 1 heterocycles. The highest BCUT2D eigenvalue weighted by atomic mass is 127. The first-order chi connectivity index (χ1) is 7.65. The molecule has 0 spiro atoms. The fourth-order valence-electron chi connectivity index (χ4n) is 1.14. The van der Waals surface area contributed by atoms with Gasteiger partial charge in [-0.3, -0.25) is 0 Å². The van der Waals surface area contributed by atoms with Gasteiger partial charge in [-0.15, -0.1) is 10.2 Å².